The van der Waals surface area contributed by atoms with E-state index in [0.717, 1.165) is 30.8 Å². The molecule has 0 aliphatic carbocycles. The fourth-order valence-corrected chi connectivity index (χ4v) is 4.24. The molecule has 2 fully saturated rings. The zero-order chi connectivity index (χ0) is 13.4. The molecule has 1 aromatic heterocycles. The Labute approximate surface area is 119 Å². The molecule has 104 valence electrons. The van der Waals surface area contributed by atoms with Gasteiger partial charge in [0, 0.05) is 31.7 Å². The number of carbonyl (C=O) groups is 1. The van der Waals surface area contributed by atoms with Crippen LogP contribution in [0.5, 0.6) is 0 Å². The Balaban J connectivity index is 1.70. The largest absolute Gasteiger partial charge is 0.333 e. The van der Waals surface area contributed by atoms with Gasteiger partial charge in [0.1, 0.15) is 0 Å². The van der Waals surface area contributed by atoms with E-state index in [0.29, 0.717) is 18.0 Å². The molecule has 0 saturated carbocycles. The molecule has 2 saturated heterocycles. The summed E-state index contributed by atoms with van der Waals surface area (Å²) in [4.78, 5) is 18.1. The summed E-state index contributed by atoms with van der Waals surface area (Å²) in [7, 11) is 0. The van der Waals surface area contributed by atoms with Gasteiger partial charge in [0.05, 0.1) is 4.88 Å². The standard InChI is InChI=1S/C15H22N2OS/c1-11(2)10-16-7-5-13-12(16)6-8-17(13)15(18)14-4-3-9-19-14/h3-4,9,11-13H,5-8,10H2,1-2H3/t12-,13+/m0/s1. The molecule has 3 heterocycles. The van der Waals surface area contributed by atoms with Crippen molar-refractivity contribution in [3.63, 3.8) is 0 Å². The van der Waals surface area contributed by atoms with Gasteiger partial charge >= 0.3 is 0 Å². The number of likely N-dealkylation sites (tertiary alicyclic amines) is 2. The third kappa shape index (κ3) is 2.43. The Morgan fingerprint density at radius 2 is 2.16 bits per heavy atom. The maximum absolute atomic E-state index is 12.5. The van der Waals surface area contributed by atoms with E-state index in [4.69, 9.17) is 0 Å². The molecule has 0 radical (unpaired) electrons. The zero-order valence-corrected chi connectivity index (χ0v) is 12.5. The quantitative estimate of drug-likeness (QED) is 0.848. The second kappa shape index (κ2) is 5.25. The molecule has 1 aromatic rings. The van der Waals surface area contributed by atoms with Crippen LogP contribution >= 0.6 is 11.3 Å². The van der Waals surface area contributed by atoms with Gasteiger partial charge in [-0.2, -0.15) is 0 Å². The van der Waals surface area contributed by atoms with Gasteiger partial charge in [0.2, 0.25) is 0 Å². The van der Waals surface area contributed by atoms with Crippen LogP contribution < -0.4 is 0 Å². The van der Waals surface area contributed by atoms with Gasteiger partial charge in [0.15, 0.2) is 0 Å². The molecule has 2 aliphatic heterocycles. The molecule has 1 amide bonds. The highest BCUT2D eigenvalue weighted by atomic mass is 32.1. The lowest BCUT2D eigenvalue weighted by Crippen LogP contribution is -2.40. The van der Waals surface area contributed by atoms with Gasteiger partial charge in [0.25, 0.3) is 5.91 Å². The monoisotopic (exact) mass is 278 g/mol. The molecule has 0 aromatic carbocycles. The Morgan fingerprint density at radius 3 is 2.84 bits per heavy atom. The first-order valence-electron chi connectivity index (χ1n) is 7.25. The van der Waals surface area contributed by atoms with Crippen molar-refractivity contribution in [1.82, 2.24) is 9.80 Å². The van der Waals surface area contributed by atoms with Gasteiger partial charge in [-0.1, -0.05) is 19.9 Å². The van der Waals surface area contributed by atoms with Gasteiger partial charge in [-0.15, -0.1) is 11.3 Å². The predicted octanol–water partition coefficient (Wildman–Crippen LogP) is 2.69. The van der Waals surface area contributed by atoms with Crippen molar-refractivity contribution in [1.29, 1.82) is 0 Å². The SMILES string of the molecule is CC(C)CN1CC[C@@H]2[C@@H]1CCN2C(=O)c1cccs1. The van der Waals surface area contributed by atoms with Crippen molar-refractivity contribution in [2.45, 2.75) is 38.8 Å². The van der Waals surface area contributed by atoms with Crippen LogP contribution in [0.2, 0.25) is 0 Å². The van der Waals surface area contributed by atoms with Crippen LogP contribution in [0.15, 0.2) is 17.5 Å². The minimum atomic E-state index is 0.244. The molecule has 0 bridgehead atoms. The van der Waals surface area contributed by atoms with E-state index in [1.54, 1.807) is 11.3 Å². The minimum Gasteiger partial charge on any atom is -0.333 e. The number of carbonyl (C=O) groups excluding carboxylic acids is 1. The number of nitrogens with zero attached hydrogens (tertiary/aromatic N) is 2. The van der Waals surface area contributed by atoms with E-state index in [1.807, 2.05) is 17.5 Å². The number of fused-ring (bicyclic) bond motifs is 1. The van der Waals surface area contributed by atoms with Crippen LogP contribution in [-0.2, 0) is 0 Å². The second-order valence-electron chi connectivity index (χ2n) is 6.08. The van der Waals surface area contributed by atoms with E-state index in [9.17, 15) is 4.79 Å². The highest BCUT2D eigenvalue weighted by molar-refractivity contribution is 7.12. The Kier molecular flexibility index (Phi) is 3.63. The van der Waals surface area contributed by atoms with Crippen LogP contribution in [0.4, 0.5) is 0 Å². The van der Waals surface area contributed by atoms with E-state index >= 15 is 0 Å². The van der Waals surface area contributed by atoms with Gasteiger partial charge in [-0.25, -0.2) is 0 Å². The summed E-state index contributed by atoms with van der Waals surface area (Å²) < 4.78 is 0. The number of hydrogen-bond donors (Lipinski definition) is 0. The molecule has 0 unspecified atom stereocenters. The Morgan fingerprint density at radius 1 is 1.37 bits per heavy atom. The van der Waals surface area contributed by atoms with Crippen LogP contribution in [0.25, 0.3) is 0 Å². The average molecular weight is 278 g/mol. The van der Waals surface area contributed by atoms with Crippen LogP contribution in [0.3, 0.4) is 0 Å². The Bertz CT molecular complexity index is 443. The van der Waals surface area contributed by atoms with Crippen molar-refractivity contribution in [2.75, 3.05) is 19.6 Å². The van der Waals surface area contributed by atoms with Crippen molar-refractivity contribution in [3.05, 3.63) is 22.4 Å². The molecule has 0 spiro atoms. The van der Waals surface area contributed by atoms with E-state index in [1.165, 1.54) is 6.54 Å². The molecule has 2 aliphatic rings. The van der Waals surface area contributed by atoms with Crippen molar-refractivity contribution in [3.8, 4) is 0 Å². The molecule has 2 atom stereocenters. The molecule has 3 nitrogen and oxygen atoms in total. The molecule has 4 heteroatoms. The van der Waals surface area contributed by atoms with Gasteiger partial charge in [-0.05, 0) is 30.2 Å². The zero-order valence-electron chi connectivity index (χ0n) is 11.7. The Hall–Kier alpha value is -0.870. The van der Waals surface area contributed by atoms with Crippen molar-refractivity contribution < 1.29 is 4.79 Å². The molecular formula is C15H22N2OS. The number of thiophene rings is 1. The molecule has 0 N–H and O–H groups in total. The summed E-state index contributed by atoms with van der Waals surface area (Å²) in [5, 5.41) is 1.99. The third-order valence-corrected chi connectivity index (χ3v) is 5.14. The van der Waals surface area contributed by atoms with Gasteiger partial charge in [-0.3, -0.25) is 9.69 Å². The lowest BCUT2D eigenvalue weighted by atomic mass is 10.1. The predicted molar refractivity (Wildman–Crippen MR) is 78.6 cm³/mol. The van der Waals surface area contributed by atoms with Crippen LogP contribution in [0, 0.1) is 5.92 Å². The van der Waals surface area contributed by atoms with Crippen molar-refractivity contribution in [2.24, 2.45) is 5.92 Å². The summed E-state index contributed by atoms with van der Waals surface area (Å²) in [6.07, 6.45) is 2.29. The summed E-state index contributed by atoms with van der Waals surface area (Å²) in [5.41, 5.74) is 0. The number of amides is 1. The first-order chi connectivity index (χ1) is 9.16. The van der Waals surface area contributed by atoms with Crippen LogP contribution in [-0.4, -0.2) is 47.4 Å². The lowest BCUT2D eigenvalue weighted by molar-refractivity contribution is 0.0736. The summed E-state index contributed by atoms with van der Waals surface area (Å²) in [6, 6.07) is 4.96. The first-order valence-corrected chi connectivity index (χ1v) is 8.13. The molecule has 3 rings (SSSR count). The fourth-order valence-electron chi connectivity index (χ4n) is 3.56. The fraction of sp³-hybridized carbons (Fsp3) is 0.667. The maximum atomic E-state index is 12.5. The number of hydrogen-bond acceptors (Lipinski definition) is 3. The highest BCUT2D eigenvalue weighted by Gasteiger charge is 2.44. The van der Waals surface area contributed by atoms with Crippen molar-refractivity contribution >= 4 is 17.2 Å². The average Bonchev–Trinajstić information content (AvgIpc) is 3.04. The lowest BCUT2D eigenvalue weighted by Gasteiger charge is -2.26. The maximum Gasteiger partial charge on any atom is 0.264 e. The minimum absolute atomic E-state index is 0.244. The third-order valence-electron chi connectivity index (χ3n) is 4.28. The summed E-state index contributed by atoms with van der Waals surface area (Å²) in [5.74, 6) is 0.953. The summed E-state index contributed by atoms with van der Waals surface area (Å²) >= 11 is 1.56. The van der Waals surface area contributed by atoms with E-state index in [2.05, 4.69) is 23.6 Å². The molecule has 19 heavy (non-hydrogen) atoms. The van der Waals surface area contributed by atoms with Crippen LogP contribution in [0.1, 0.15) is 36.4 Å². The second-order valence-corrected chi connectivity index (χ2v) is 7.02. The van der Waals surface area contributed by atoms with E-state index in [-0.39, 0.29) is 5.91 Å². The van der Waals surface area contributed by atoms with E-state index < -0.39 is 0 Å². The first kappa shape index (κ1) is 13.1. The summed E-state index contributed by atoms with van der Waals surface area (Å²) in [6.45, 7) is 7.80. The molecular weight excluding hydrogens is 256 g/mol. The highest BCUT2D eigenvalue weighted by Crippen LogP contribution is 2.33. The van der Waals surface area contributed by atoms with Gasteiger partial charge < -0.3 is 4.90 Å². The topological polar surface area (TPSA) is 23.6 Å². The number of rotatable bonds is 3. The normalized spacial score (nSPS) is 27.2. The smallest absolute Gasteiger partial charge is 0.264 e.